The number of nitrogens with one attached hydrogen (secondary N) is 1. The Balaban J connectivity index is 0.00000364. The van der Waals surface area contributed by atoms with Crippen molar-refractivity contribution in [2.75, 3.05) is 6.54 Å². The number of amides is 1. The zero-order chi connectivity index (χ0) is 19.3. The van der Waals surface area contributed by atoms with E-state index in [9.17, 15) is 9.18 Å². The monoisotopic (exact) mass is 398 g/mol. The second kappa shape index (κ2) is 9.80. The van der Waals surface area contributed by atoms with Gasteiger partial charge >= 0.3 is 0 Å². The van der Waals surface area contributed by atoms with Crippen molar-refractivity contribution in [3.63, 3.8) is 0 Å². The molecular weight excluding hydrogens is 371 g/mol. The van der Waals surface area contributed by atoms with Gasteiger partial charge in [0.1, 0.15) is 5.82 Å². The molecule has 6 nitrogen and oxygen atoms in total. The summed E-state index contributed by atoms with van der Waals surface area (Å²) in [5, 5.41) is 6.85. The third-order valence-electron chi connectivity index (χ3n) is 4.21. The van der Waals surface area contributed by atoms with Gasteiger partial charge in [-0.05, 0) is 37.8 Å². The van der Waals surface area contributed by atoms with Crippen LogP contribution < -0.4 is 11.1 Å². The van der Waals surface area contributed by atoms with Gasteiger partial charge in [0.25, 0.3) is 0 Å². The summed E-state index contributed by atoms with van der Waals surface area (Å²) in [5.74, 6) is 0.650. The van der Waals surface area contributed by atoms with Crippen LogP contribution >= 0.6 is 12.4 Å². The van der Waals surface area contributed by atoms with E-state index >= 15 is 0 Å². The molecule has 1 atom stereocenters. The number of rotatable bonds is 8. The summed E-state index contributed by atoms with van der Waals surface area (Å²) < 4.78 is 18.8. The van der Waals surface area contributed by atoms with Crippen LogP contribution in [-0.2, 0) is 11.2 Å². The highest BCUT2D eigenvalue weighted by Gasteiger charge is 2.25. The highest BCUT2D eigenvalue weighted by atomic mass is 35.5. The van der Waals surface area contributed by atoms with Crippen LogP contribution in [0.1, 0.15) is 45.1 Å². The lowest BCUT2D eigenvalue weighted by molar-refractivity contribution is -0.123. The van der Waals surface area contributed by atoms with Crippen LogP contribution in [0.15, 0.2) is 22.7 Å². The maximum absolute atomic E-state index is 13.7. The lowest BCUT2D eigenvalue weighted by Gasteiger charge is -2.31. The molecule has 0 aliphatic rings. The van der Waals surface area contributed by atoms with Crippen molar-refractivity contribution in [2.45, 2.75) is 52.5 Å². The van der Waals surface area contributed by atoms with E-state index in [0.29, 0.717) is 41.7 Å². The van der Waals surface area contributed by atoms with Crippen molar-refractivity contribution in [1.82, 2.24) is 15.5 Å². The van der Waals surface area contributed by atoms with E-state index < -0.39 is 5.54 Å². The van der Waals surface area contributed by atoms with E-state index in [1.165, 1.54) is 6.07 Å². The second-order valence-electron chi connectivity index (χ2n) is 7.39. The molecule has 2 rings (SSSR count). The lowest BCUT2D eigenvalue weighted by Crippen LogP contribution is -2.52. The number of nitrogens with zero attached hydrogens (tertiary/aromatic N) is 2. The summed E-state index contributed by atoms with van der Waals surface area (Å²) in [5.41, 5.74) is 6.49. The summed E-state index contributed by atoms with van der Waals surface area (Å²) in [4.78, 5) is 16.5. The third kappa shape index (κ3) is 6.59. The van der Waals surface area contributed by atoms with E-state index in [1.54, 1.807) is 19.1 Å². The minimum atomic E-state index is -0.426. The standard InChI is InChI=1S/C19H27FN4O2.ClH/c1-12(2)10-19(4,11-21)23-16(25)7-8-17-22-18(24-26-17)14-6-5-13(3)15(20)9-14;/h5-6,9,12H,7-8,10-11,21H2,1-4H3,(H,23,25);1H. The number of hydrogen-bond donors (Lipinski definition) is 2. The van der Waals surface area contributed by atoms with Gasteiger partial charge in [-0.15, -0.1) is 12.4 Å². The Morgan fingerprint density at radius 1 is 1.41 bits per heavy atom. The van der Waals surface area contributed by atoms with Gasteiger partial charge < -0.3 is 15.6 Å². The quantitative estimate of drug-likeness (QED) is 0.710. The molecule has 27 heavy (non-hydrogen) atoms. The van der Waals surface area contributed by atoms with Crippen LogP contribution in [0.3, 0.4) is 0 Å². The fourth-order valence-electron chi connectivity index (χ4n) is 2.91. The SMILES string of the molecule is Cc1ccc(-c2noc(CCC(=O)NC(C)(CN)CC(C)C)n2)cc1F.Cl. The lowest BCUT2D eigenvalue weighted by atomic mass is 9.90. The molecule has 1 aromatic heterocycles. The molecule has 1 aromatic carbocycles. The van der Waals surface area contributed by atoms with Crippen LogP contribution in [0.2, 0.25) is 0 Å². The number of halogens is 2. The first-order valence-corrected chi connectivity index (χ1v) is 8.82. The van der Waals surface area contributed by atoms with E-state index in [-0.39, 0.29) is 30.6 Å². The summed E-state index contributed by atoms with van der Waals surface area (Å²) >= 11 is 0. The highest BCUT2D eigenvalue weighted by molar-refractivity contribution is 5.85. The molecular formula is C19H28ClFN4O2. The Kier molecular flexibility index (Phi) is 8.37. The van der Waals surface area contributed by atoms with Gasteiger partial charge in [0.2, 0.25) is 17.6 Å². The van der Waals surface area contributed by atoms with E-state index in [4.69, 9.17) is 10.3 Å². The first-order valence-electron chi connectivity index (χ1n) is 8.82. The fourth-order valence-corrected chi connectivity index (χ4v) is 2.91. The molecule has 1 amide bonds. The summed E-state index contributed by atoms with van der Waals surface area (Å²) in [7, 11) is 0. The largest absolute Gasteiger partial charge is 0.350 e. The molecule has 1 unspecified atom stereocenters. The number of carbonyl (C=O) groups is 1. The average molecular weight is 399 g/mol. The molecule has 0 fully saturated rings. The number of aryl methyl sites for hydroxylation is 2. The van der Waals surface area contributed by atoms with E-state index in [2.05, 4.69) is 29.3 Å². The van der Waals surface area contributed by atoms with Crippen molar-refractivity contribution in [2.24, 2.45) is 11.7 Å². The van der Waals surface area contributed by atoms with Crippen LogP contribution in [0.4, 0.5) is 4.39 Å². The Morgan fingerprint density at radius 2 is 2.11 bits per heavy atom. The molecule has 0 radical (unpaired) electrons. The first-order chi connectivity index (χ1) is 12.2. The van der Waals surface area contributed by atoms with Gasteiger partial charge in [0, 0.05) is 30.5 Å². The van der Waals surface area contributed by atoms with Crippen LogP contribution in [-0.4, -0.2) is 28.1 Å². The Morgan fingerprint density at radius 3 is 2.70 bits per heavy atom. The molecule has 3 N–H and O–H groups in total. The molecule has 0 saturated heterocycles. The number of benzene rings is 1. The maximum Gasteiger partial charge on any atom is 0.227 e. The predicted octanol–water partition coefficient (Wildman–Crippen LogP) is 3.42. The Bertz CT molecular complexity index is 766. The molecule has 0 saturated carbocycles. The van der Waals surface area contributed by atoms with Gasteiger partial charge in [0.15, 0.2) is 0 Å². The first kappa shape index (κ1) is 23.0. The van der Waals surface area contributed by atoms with Gasteiger partial charge in [-0.25, -0.2) is 4.39 Å². The van der Waals surface area contributed by atoms with Crippen molar-refractivity contribution >= 4 is 18.3 Å². The van der Waals surface area contributed by atoms with Crippen LogP contribution in [0.25, 0.3) is 11.4 Å². The molecule has 0 bridgehead atoms. The Hall–Kier alpha value is -1.99. The predicted molar refractivity (Wildman–Crippen MR) is 105 cm³/mol. The zero-order valence-electron chi connectivity index (χ0n) is 16.2. The molecule has 8 heteroatoms. The molecule has 0 aliphatic heterocycles. The zero-order valence-corrected chi connectivity index (χ0v) is 17.0. The molecule has 1 heterocycles. The smallest absolute Gasteiger partial charge is 0.227 e. The molecule has 0 aliphatic carbocycles. The highest BCUT2D eigenvalue weighted by Crippen LogP contribution is 2.20. The van der Waals surface area contributed by atoms with Crippen molar-refractivity contribution in [1.29, 1.82) is 0 Å². The minimum absolute atomic E-state index is 0. The number of hydrogen-bond acceptors (Lipinski definition) is 5. The molecule has 150 valence electrons. The van der Waals surface area contributed by atoms with Gasteiger partial charge in [-0.3, -0.25) is 4.79 Å². The van der Waals surface area contributed by atoms with Crippen LogP contribution in [0, 0.1) is 18.7 Å². The topological polar surface area (TPSA) is 94.0 Å². The summed E-state index contributed by atoms with van der Waals surface area (Å²) in [6.45, 7) is 8.19. The maximum atomic E-state index is 13.7. The molecule has 2 aromatic rings. The normalized spacial score (nSPS) is 13.1. The summed E-state index contributed by atoms with van der Waals surface area (Å²) in [6, 6.07) is 4.77. The third-order valence-corrected chi connectivity index (χ3v) is 4.21. The van der Waals surface area contributed by atoms with E-state index in [1.807, 2.05) is 6.92 Å². The second-order valence-corrected chi connectivity index (χ2v) is 7.39. The average Bonchev–Trinajstić information content (AvgIpc) is 3.03. The fraction of sp³-hybridized carbons (Fsp3) is 0.526. The minimum Gasteiger partial charge on any atom is -0.350 e. The number of carbonyl (C=O) groups excluding carboxylic acids is 1. The van der Waals surface area contributed by atoms with Gasteiger partial charge in [-0.2, -0.15) is 4.98 Å². The van der Waals surface area contributed by atoms with Crippen molar-refractivity contribution < 1.29 is 13.7 Å². The van der Waals surface area contributed by atoms with Crippen molar-refractivity contribution in [3.8, 4) is 11.4 Å². The summed E-state index contributed by atoms with van der Waals surface area (Å²) in [6.07, 6.45) is 1.34. The Labute approximate surface area is 165 Å². The van der Waals surface area contributed by atoms with Crippen molar-refractivity contribution in [3.05, 3.63) is 35.5 Å². The van der Waals surface area contributed by atoms with Gasteiger partial charge in [0.05, 0.1) is 0 Å². The van der Waals surface area contributed by atoms with Crippen LogP contribution in [0.5, 0.6) is 0 Å². The molecule has 0 spiro atoms. The number of aromatic nitrogens is 2. The van der Waals surface area contributed by atoms with E-state index in [0.717, 1.165) is 6.42 Å². The number of nitrogens with two attached hydrogens (primary N) is 1. The van der Waals surface area contributed by atoms with Gasteiger partial charge in [-0.1, -0.05) is 31.1 Å².